The number of benzene rings is 2. The first kappa shape index (κ1) is 22.3. The van der Waals surface area contributed by atoms with Gasteiger partial charge in [0.2, 0.25) is 15.9 Å². The van der Waals surface area contributed by atoms with Crippen molar-refractivity contribution in [2.24, 2.45) is 0 Å². The van der Waals surface area contributed by atoms with Crippen LogP contribution in [0.15, 0.2) is 48.5 Å². The molecule has 1 heterocycles. The Morgan fingerprint density at radius 2 is 1.73 bits per heavy atom. The smallest absolute Gasteiger partial charge is 0.243 e. The van der Waals surface area contributed by atoms with E-state index in [4.69, 9.17) is 0 Å². The lowest BCUT2D eigenvalue weighted by Gasteiger charge is -2.28. The topological polar surface area (TPSA) is 69.7 Å². The normalized spacial score (nSPS) is 15.7. The summed E-state index contributed by atoms with van der Waals surface area (Å²) < 4.78 is 25.9. The van der Waals surface area contributed by atoms with Gasteiger partial charge in [-0.15, -0.1) is 0 Å². The van der Waals surface area contributed by atoms with E-state index in [0.29, 0.717) is 12.2 Å². The number of carbonyl (C=O) groups is 1. The van der Waals surface area contributed by atoms with Crippen molar-refractivity contribution in [2.45, 2.75) is 45.8 Å². The Balaban J connectivity index is 1.62. The van der Waals surface area contributed by atoms with Crippen LogP contribution in [0.5, 0.6) is 0 Å². The molecule has 0 aromatic heterocycles. The van der Waals surface area contributed by atoms with Gasteiger partial charge in [-0.05, 0) is 68.6 Å². The van der Waals surface area contributed by atoms with Crippen LogP contribution in [0.1, 0.15) is 36.5 Å². The molecule has 1 aliphatic heterocycles. The van der Waals surface area contributed by atoms with E-state index in [1.54, 1.807) is 25.1 Å². The average molecular weight is 430 g/mol. The largest absolute Gasteiger partial charge is 0.350 e. The number of likely N-dealkylation sites (tertiary alicyclic amines) is 1. The number of anilines is 1. The number of aryl methyl sites for hydroxylation is 1. The van der Waals surface area contributed by atoms with Crippen LogP contribution in [0.3, 0.4) is 0 Å². The van der Waals surface area contributed by atoms with Crippen LogP contribution in [0.25, 0.3) is 0 Å². The zero-order valence-corrected chi connectivity index (χ0v) is 18.8. The summed E-state index contributed by atoms with van der Waals surface area (Å²) in [6, 6.07) is 14.5. The molecule has 1 N–H and O–H groups in total. The highest BCUT2D eigenvalue weighted by molar-refractivity contribution is 7.92. The molecule has 2 aromatic carbocycles. The Morgan fingerprint density at radius 1 is 1.10 bits per heavy atom. The van der Waals surface area contributed by atoms with Crippen molar-refractivity contribution in [2.75, 3.05) is 23.7 Å². The molecule has 162 valence electrons. The minimum Gasteiger partial charge on any atom is -0.350 e. The fraction of sp³-hybridized carbons (Fsp3) is 0.435. The summed E-state index contributed by atoms with van der Waals surface area (Å²) in [6.45, 7) is 7.14. The van der Waals surface area contributed by atoms with E-state index < -0.39 is 16.1 Å². The van der Waals surface area contributed by atoms with E-state index in [-0.39, 0.29) is 5.91 Å². The average Bonchev–Trinajstić information content (AvgIpc) is 3.19. The number of hydrogen-bond acceptors (Lipinski definition) is 4. The Bertz CT molecular complexity index is 967. The van der Waals surface area contributed by atoms with Gasteiger partial charge in [0.15, 0.2) is 0 Å². The summed E-state index contributed by atoms with van der Waals surface area (Å²) >= 11 is 0. The van der Waals surface area contributed by atoms with Gasteiger partial charge in [-0.3, -0.25) is 14.0 Å². The zero-order valence-electron chi connectivity index (χ0n) is 18.0. The quantitative estimate of drug-likeness (QED) is 0.700. The minimum absolute atomic E-state index is 0.330. The molecule has 0 saturated carbocycles. The third-order valence-corrected chi connectivity index (χ3v) is 6.68. The van der Waals surface area contributed by atoms with Crippen LogP contribution >= 0.6 is 0 Å². The summed E-state index contributed by atoms with van der Waals surface area (Å²) in [5, 5.41) is 2.87. The highest BCUT2D eigenvalue weighted by Gasteiger charge is 2.29. The van der Waals surface area contributed by atoms with E-state index in [0.717, 1.165) is 37.0 Å². The zero-order chi connectivity index (χ0) is 21.7. The lowest BCUT2D eigenvalue weighted by Crippen LogP contribution is -2.47. The predicted octanol–water partition coefficient (Wildman–Crippen LogP) is 3.06. The number of carbonyl (C=O) groups excluding carboxylic acids is 1. The number of rotatable bonds is 8. The van der Waals surface area contributed by atoms with Gasteiger partial charge in [0.25, 0.3) is 0 Å². The number of sulfonamides is 1. The first-order valence-corrected chi connectivity index (χ1v) is 12.2. The number of amides is 1. The Hall–Kier alpha value is -2.38. The van der Waals surface area contributed by atoms with Gasteiger partial charge in [0.05, 0.1) is 11.9 Å². The van der Waals surface area contributed by atoms with Crippen molar-refractivity contribution in [3.63, 3.8) is 0 Å². The second-order valence-electron chi connectivity index (χ2n) is 8.09. The van der Waals surface area contributed by atoms with Crippen LogP contribution in [-0.2, 0) is 27.9 Å². The van der Waals surface area contributed by atoms with Crippen LogP contribution in [0.2, 0.25) is 0 Å². The Morgan fingerprint density at radius 3 is 2.33 bits per heavy atom. The van der Waals surface area contributed by atoms with Crippen molar-refractivity contribution in [3.8, 4) is 0 Å². The van der Waals surface area contributed by atoms with Gasteiger partial charge in [0, 0.05) is 13.1 Å². The van der Waals surface area contributed by atoms with E-state index in [1.165, 1.54) is 22.7 Å². The molecule has 3 rings (SSSR count). The van der Waals surface area contributed by atoms with Crippen LogP contribution in [-0.4, -0.2) is 44.6 Å². The van der Waals surface area contributed by atoms with Crippen molar-refractivity contribution in [1.29, 1.82) is 0 Å². The van der Waals surface area contributed by atoms with Gasteiger partial charge in [-0.2, -0.15) is 0 Å². The molecule has 1 fully saturated rings. The summed E-state index contributed by atoms with van der Waals surface area (Å²) in [6.07, 6.45) is 3.67. The minimum atomic E-state index is -3.61. The molecule has 0 radical (unpaired) electrons. The Labute approximate surface area is 179 Å². The summed E-state index contributed by atoms with van der Waals surface area (Å²) in [5.41, 5.74) is 3.68. The second-order valence-corrected chi connectivity index (χ2v) is 9.95. The summed E-state index contributed by atoms with van der Waals surface area (Å²) in [7, 11) is -3.61. The summed E-state index contributed by atoms with van der Waals surface area (Å²) in [5.74, 6) is -0.330. The highest BCUT2D eigenvalue weighted by atomic mass is 32.2. The molecule has 7 heteroatoms. The maximum Gasteiger partial charge on any atom is 0.243 e. The lowest BCUT2D eigenvalue weighted by molar-refractivity contribution is -0.122. The van der Waals surface area contributed by atoms with E-state index >= 15 is 0 Å². The van der Waals surface area contributed by atoms with Crippen molar-refractivity contribution in [1.82, 2.24) is 10.2 Å². The Kier molecular flexibility index (Phi) is 7.15. The second kappa shape index (κ2) is 9.62. The molecule has 1 saturated heterocycles. The molecule has 1 atom stereocenters. The molecule has 0 spiro atoms. The fourth-order valence-electron chi connectivity index (χ4n) is 3.87. The van der Waals surface area contributed by atoms with Gasteiger partial charge < -0.3 is 5.32 Å². The van der Waals surface area contributed by atoms with Crippen LogP contribution in [0.4, 0.5) is 5.69 Å². The van der Waals surface area contributed by atoms with Crippen LogP contribution in [0, 0.1) is 6.92 Å². The van der Waals surface area contributed by atoms with Gasteiger partial charge >= 0.3 is 0 Å². The number of hydrogen-bond donors (Lipinski definition) is 1. The van der Waals surface area contributed by atoms with Crippen LogP contribution < -0.4 is 9.62 Å². The molecule has 6 nitrogen and oxygen atoms in total. The first-order valence-electron chi connectivity index (χ1n) is 10.4. The molecule has 1 aliphatic rings. The predicted molar refractivity (Wildman–Crippen MR) is 121 cm³/mol. The molecule has 0 unspecified atom stereocenters. The molecule has 0 aliphatic carbocycles. The molecule has 30 heavy (non-hydrogen) atoms. The van der Waals surface area contributed by atoms with Crippen molar-refractivity contribution < 1.29 is 13.2 Å². The molecule has 0 bridgehead atoms. The monoisotopic (exact) mass is 429 g/mol. The highest BCUT2D eigenvalue weighted by Crippen LogP contribution is 2.22. The van der Waals surface area contributed by atoms with Gasteiger partial charge in [-0.25, -0.2) is 8.42 Å². The molecular weight excluding hydrogens is 398 g/mol. The maximum atomic E-state index is 12.7. The van der Waals surface area contributed by atoms with Gasteiger partial charge in [0.1, 0.15) is 6.04 Å². The first-order chi connectivity index (χ1) is 14.2. The van der Waals surface area contributed by atoms with E-state index in [1.807, 2.05) is 25.1 Å². The number of nitrogens with one attached hydrogen (secondary N) is 1. The van der Waals surface area contributed by atoms with E-state index in [9.17, 15) is 13.2 Å². The summed E-state index contributed by atoms with van der Waals surface area (Å²) in [4.78, 5) is 15.2. The molecule has 2 aromatic rings. The number of nitrogens with zero attached hydrogens (tertiary/aromatic N) is 2. The van der Waals surface area contributed by atoms with Gasteiger partial charge in [-0.1, -0.05) is 36.4 Å². The standard InChI is InChI=1S/C23H31N3O3S/c1-18-7-6-8-22(15-18)26(30(3,28)29)19(2)23(27)24-16-20-9-11-21(12-10-20)17-25-13-4-5-14-25/h6-12,15,19H,4-5,13-14,16-17H2,1-3H3,(H,24,27)/t19-/m0/s1. The maximum absolute atomic E-state index is 12.7. The third kappa shape index (κ3) is 5.83. The fourth-order valence-corrected chi connectivity index (χ4v) is 5.04. The van der Waals surface area contributed by atoms with E-state index in [2.05, 4.69) is 22.3 Å². The van der Waals surface area contributed by atoms with Crippen molar-refractivity contribution >= 4 is 21.6 Å². The van der Waals surface area contributed by atoms with Crippen molar-refractivity contribution in [3.05, 3.63) is 65.2 Å². The lowest BCUT2D eigenvalue weighted by atomic mass is 10.1. The molecular formula is C23H31N3O3S. The molecule has 1 amide bonds. The third-order valence-electron chi connectivity index (χ3n) is 5.44. The SMILES string of the molecule is Cc1cccc(N([C@@H](C)C(=O)NCc2ccc(CN3CCCC3)cc2)S(C)(=O)=O)c1.